The molecule has 0 aliphatic carbocycles. The third kappa shape index (κ3) is 3.20. The lowest BCUT2D eigenvalue weighted by Gasteiger charge is -2.21. The first-order valence-electron chi connectivity index (χ1n) is 8.20. The number of benzene rings is 1. The first kappa shape index (κ1) is 15.9. The standard InChI is InChI=1S/C18H26O4/c1-13-14(8-19-2)16-10-20-6-4-3-5-7-21-11-18(16)17-12-22-9-15(13)17/h3-12H2,1-2H3. The van der Waals surface area contributed by atoms with Gasteiger partial charge in [0.1, 0.15) is 0 Å². The maximum Gasteiger partial charge on any atom is 0.0728 e. The SMILES string of the molecule is COCc1c(C)c2c(c3c1COCCCCCOC3)COC2. The van der Waals surface area contributed by atoms with E-state index in [0.717, 1.165) is 26.1 Å². The van der Waals surface area contributed by atoms with Gasteiger partial charge in [-0.2, -0.15) is 0 Å². The first-order chi connectivity index (χ1) is 10.8. The summed E-state index contributed by atoms with van der Waals surface area (Å²) >= 11 is 0. The highest BCUT2D eigenvalue weighted by Gasteiger charge is 2.25. The van der Waals surface area contributed by atoms with Crippen LogP contribution in [0.25, 0.3) is 0 Å². The lowest BCUT2D eigenvalue weighted by molar-refractivity contribution is 0.112. The molecule has 0 amide bonds. The van der Waals surface area contributed by atoms with E-state index in [-0.39, 0.29) is 0 Å². The summed E-state index contributed by atoms with van der Waals surface area (Å²) in [5.41, 5.74) is 7.72. The predicted octanol–water partition coefficient (Wildman–Crippen LogP) is 3.39. The first-order valence-corrected chi connectivity index (χ1v) is 8.20. The summed E-state index contributed by atoms with van der Waals surface area (Å²) in [4.78, 5) is 0. The molecule has 0 saturated carbocycles. The van der Waals surface area contributed by atoms with E-state index in [0.29, 0.717) is 33.0 Å². The van der Waals surface area contributed by atoms with Gasteiger partial charge in [-0.3, -0.25) is 0 Å². The van der Waals surface area contributed by atoms with Crippen molar-refractivity contribution in [2.45, 2.75) is 59.2 Å². The minimum absolute atomic E-state index is 0.616. The maximum atomic E-state index is 5.94. The predicted molar refractivity (Wildman–Crippen MR) is 83.5 cm³/mol. The Hall–Kier alpha value is -0.940. The molecule has 2 aliphatic heterocycles. The van der Waals surface area contributed by atoms with E-state index in [9.17, 15) is 0 Å². The average Bonchev–Trinajstić information content (AvgIpc) is 2.98. The van der Waals surface area contributed by atoms with Crippen molar-refractivity contribution in [3.63, 3.8) is 0 Å². The van der Waals surface area contributed by atoms with Crippen molar-refractivity contribution >= 4 is 0 Å². The lowest BCUT2D eigenvalue weighted by Crippen LogP contribution is -2.12. The maximum absolute atomic E-state index is 5.94. The Morgan fingerprint density at radius 2 is 1.36 bits per heavy atom. The van der Waals surface area contributed by atoms with Crippen LogP contribution >= 0.6 is 0 Å². The van der Waals surface area contributed by atoms with Gasteiger partial charge in [0.05, 0.1) is 33.0 Å². The summed E-state index contributed by atoms with van der Waals surface area (Å²) < 4.78 is 23.0. The molecule has 3 rings (SSSR count). The van der Waals surface area contributed by atoms with Crippen molar-refractivity contribution in [3.05, 3.63) is 33.4 Å². The molecule has 2 heterocycles. The van der Waals surface area contributed by atoms with Crippen molar-refractivity contribution in [1.82, 2.24) is 0 Å². The molecule has 22 heavy (non-hydrogen) atoms. The monoisotopic (exact) mass is 306 g/mol. The molecule has 0 fully saturated rings. The van der Waals surface area contributed by atoms with Crippen molar-refractivity contribution < 1.29 is 18.9 Å². The van der Waals surface area contributed by atoms with Crippen molar-refractivity contribution in [3.8, 4) is 0 Å². The molecule has 0 N–H and O–H groups in total. The fourth-order valence-electron chi connectivity index (χ4n) is 3.43. The average molecular weight is 306 g/mol. The van der Waals surface area contributed by atoms with Gasteiger partial charge in [-0.25, -0.2) is 0 Å². The van der Waals surface area contributed by atoms with E-state index in [1.807, 2.05) is 0 Å². The molecular formula is C18H26O4. The summed E-state index contributed by atoms with van der Waals surface area (Å²) in [6, 6.07) is 0. The fraction of sp³-hybridized carbons (Fsp3) is 0.667. The van der Waals surface area contributed by atoms with Gasteiger partial charge in [-0.1, -0.05) is 0 Å². The highest BCUT2D eigenvalue weighted by molar-refractivity contribution is 5.52. The number of fused-ring (bicyclic) bond motifs is 3. The van der Waals surface area contributed by atoms with Crippen LogP contribution in [0.15, 0.2) is 0 Å². The second-order valence-corrected chi connectivity index (χ2v) is 6.11. The zero-order valence-corrected chi connectivity index (χ0v) is 13.7. The van der Waals surface area contributed by atoms with Crippen molar-refractivity contribution in [1.29, 1.82) is 0 Å². The van der Waals surface area contributed by atoms with E-state index < -0.39 is 0 Å². The number of hydrogen-bond donors (Lipinski definition) is 0. The highest BCUT2D eigenvalue weighted by atomic mass is 16.5. The fourth-order valence-corrected chi connectivity index (χ4v) is 3.43. The zero-order valence-electron chi connectivity index (χ0n) is 13.7. The third-order valence-electron chi connectivity index (χ3n) is 4.71. The Bertz CT molecular complexity index is 525. The van der Waals surface area contributed by atoms with E-state index in [4.69, 9.17) is 18.9 Å². The van der Waals surface area contributed by atoms with Crippen LogP contribution < -0.4 is 0 Å². The number of ether oxygens (including phenoxy) is 4. The van der Waals surface area contributed by atoms with Crippen LogP contribution in [-0.2, 0) is 52.0 Å². The van der Waals surface area contributed by atoms with Gasteiger partial charge in [-0.05, 0) is 59.6 Å². The molecule has 0 atom stereocenters. The van der Waals surface area contributed by atoms with Gasteiger partial charge in [0, 0.05) is 20.3 Å². The minimum Gasteiger partial charge on any atom is -0.380 e. The number of rotatable bonds is 2. The van der Waals surface area contributed by atoms with Crippen LogP contribution in [0.2, 0.25) is 0 Å². The molecule has 4 heteroatoms. The van der Waals surface area contributed by atoms with E-state index in [2.05, 4.69) is 6.92 Å². The van der Waals surface area contributed by atoms with Gasteiger partial charge in [0.25, 0.3) is 0 Å². The summed E-state index contributed by atoms with van der Waals surface area (Å²) in [6.07, 6.45) is 3.38. The Kier molecular flexibility index (Phi) is 5.47. The normalized spacial score (nSPS) is 19.4. The molecule has 1 aromatic rings. The third-order valence-corrected chi connectivity index (χ3v) is 4.71. The summed E-state index contributed by atoms with van der Waals surface area (Å²) in [7, 11) is 1.75. The van der Waals surface area contributed by atoms with Crippen LogP contribution in [0.4, 0.5) is 0 Å². The van der Waals surface area contributed by atoms with Crippen LogP contribution in [0.5, 0.6) is 0 Å². The summed E-state index contributed by atoms with van der Waals surface area (Å²) in [5.74, 6) is 0. The summed E-state index contributed by atoms with van der Waals surface area (Å²) in [6.45, 7) is 7.12. The quantitative estimate of drug-likeness (QED) is 0.839. The smallest absolute Gasteiger partial charge is 0.0728 e. The number of hydrogen-bond acceptors (Lipinski definition) is 4. The van der Waals surface area contributed by atoms with Gasteiger partial charge in [-0.15, -0.1) is 0 Å². The second kappa shape index (κ2) is 7.55. The van der Waals surface area contributed by atoms with Crippen LogP contribution in [0, 0.1) is 6.92 Å². The second-order valence-electron chi connectivity index (χ2n) is 6.11. The van der Waals surface area contributed by atoms with Gasteiger partial charge >= 0.3 is 0 Å². The molecule has 0 bridgehead atoms. The van der Waals surface area contributed by atoms with E-state index in [1.54, 1.807) is 7.11 Å². The topological polar surface area (TPSA) is 36.9 Å². The molecule has 122 valence electrons. The molecule has 0 saturated heterocycles. The van der Waals surface area contributed by atoms with Crippen LogP contribution in [0.3, 0.4) is 0 Å². The molecule has 1 aromatic carbocycles. The Labute approximate surface area is 132 Å². The lowest BCUT2D eigenvalue weighted by atomic mass is 9.89. The van der Waals surface area contributed by atoms with Crippen molar-refractivity contribution in [2.24, 2.45) is 0 Å². The molecule has 4 nitrogen and oxygen atoms in total. The van der Waals surface area contributed by atoms with Crippen molar-refractivity contribution in [2.75, 3.05) is 20.3 Å². The Balaban J connectivity index is 2.04. The molecular weight excluding hydrogens is 280 g/mol. The largest absolute Gasteiger partial charge is 0.380 e. The molecule has 0 aromatic heterocycles. The van der Waals surface area contributed by atoms with Gasteiger partial charge in [0.2, 0.25) is 0 Å². The van der Waals surface area contributed by atoms with Gasteiger partial charge < -0.3 is 18.9 Å². The Morgan fingerprint density at radius 1 is 0.773 bits per heavy atom. The van der Waals surface area contributed by atoms with E-state index >= 15 is 0 Å². The number of methoxy groups -OCH3 is 1. The highest BCUT2D eigenvalue weighted by Crippen LogP contribution is 2.34. The molecule has 0 radical (unpaired) electrons. The van der Waals surface area contributed by atoms with Crippen LogP contribution in [-0.4, -0.2) is 20.3 Å². The zero-order chi connectivity index (χ0) is 15.4. The molecule has 0 unspecified atom stereocenters. The molecule has 2 aliphatic rings. The van der Waals surface area contributed by atoms with E-state index in [1.165, 1.54) is 39.8 Å². The minimum atomic E-state index is 0.616. The van der Waals surface area contributed by atoms with Gasteiger partial charge in [0.15, 0.2) is 0 Å². The summed E-state index contributed by atoms with van der Waals surface area (Å²) in [5, 5.41) is 0. The van der Waals surface area contributed by atoms with Crippen LogP contribution in [0.1, 0.15) is 52.6 Å². The Morgan fingerprint density at radius 3 is 2.09 bits per heavy atom. The molecule has 0 spiro atoms.